The van der Waals surface area contributed by atoms with Crippen LogP contribution in [0.25, 0.3) is 6.08 Å². The van der Waals surface area contributed by atoms with Gasteiger partial charge in [0.1, 0.15) is 18.9 Å². The van der Waals surface area contributed by atoms with Crippen LogP contribution in [0.4, 0.5) is 0 Å². The minimum Gasteiger partial charge on any atom is -0.485 e. The van der Waals surface area contributed by atoms with Crippen molar-refractivity contribution >= 4 is 18.0 Å². The Morgan fingerprint density at radius 3 is 1.78 bits per heavy atom. The highest BCUT2D eigenvalue weighted by atomic mass is 16.5. The third-order valence-corrected chi connectivity index (χ3v) is 5.27. The molecule has 2 N–H and O–H groups in total. The average Bonchev–Trinajstić information content (AvgIpc) is 2.92. The molecule has 4 aromatic rings. The van der Waals surface area contributed by atoms with Gasteiger partial charge in [0.2, 0.25) is 0 Å². The first-order valence-corrected chi connectivity index (χ1v) is 11.4. The summed E-state index contributed by atoms with van der Waals surface area (Å²) in [5.74, 6) is -0.775. The molecule has 0 bridgehead atoms. The zero-order valence-corrected chi connectivity index (χ0v) is 19.5. The van der Waals surface area contributed by atoms with E-state index in [4.69, 9.17) is 9.47 Å². The van der Waals surface area contributed by atoms with Gasteiger partial charge in [-0.25, -0.2) is 4.79 Å². The second-order valence-electron chi connectivity index (χ2n) is 7.94. The summed E-state index contributed by atoms with van der Waals surface area (Å²) in [6.07, 6.45) is 1.39. The first kappa shape index (κ1) is 24.3. The molecule has 4 rings (SSSR count). The van der Waals surface area contributed by atoms with Crippen LogP contribution in [-0.2, 0) is 18.0 Å². The normalized spacial score (nSPS) is 10.9. The molecule has 0 saturated heterocycles. The third-order valence-electron chi connectivity index (χ3n) is 5.27. The van der Waals surface area contributed by atoms with Gasteiger partial charge in [0.15, 0.2) is 11.5 Å². The molecule has 180 valence electrons. The van der Waals surface area contributed by atoms with E-state index in [1.165, 1.54) is 6.08 Å². The average molecular weight is 480 g/mol. The van der Waals surface area contributed by atoms with Gasteiger partial charge in [-0.15, -0.1) is 0 Å². The summed E-state index contributed by atoms with van der Waals surface area (Å²) in [5, 5.41) is 12.1. The van der Waals surface area contributed by atoms with Gasteiger partial charge in [0, 0.05) is 5.56 Å². The first-order valence-electron chi connectivity index (χ1n) is 11.4. The topological polar surface area (TPSA) is 84.9 Å². The van der Waals surface area contributed by atoms with E-state index >= 15 is 0 Å². The molecule has 0 aliphatic rings. The van der Waals surface area contributed by atoms with E-state index < -0.39 is 11.9 Å². The Bertz CT molecular complexity index is 1340. The Hall–Kier alpha value is -4.84. The summed E-state index contributed by atoms with van der Waals surface area (Å²) >= 11 is 0. The van der Waals surface area contributed by atoms with Crippen molar-refractivity contribution in [2.75, 3.05) is 0 Å². The fourth-order valence-corrected chi connectivity index (χ4v) is 3.42. The predicted octanol–water partition coefficient (Wildman–Crippen LogP) is 5.70. The molecule has 0 heterocycles. The Morgan fingerprint density at radius 1 is 0.694 bits per heavy atom. The monoisotopic (exact) mass is 479 g/mol. The minimum atomic E-state index is -1.25. The summed E-state index contributed by atoms with van der Waals surface area (Å²) in [7, 11) is 0. The molecule has 0 atom stereocenters. The third kappa shape index (κ3) is 6.84. The molecule has 0 aliphatic carbocycles. The van der Waals surface area contributed by atoms with E-state index in [2.05, 4.69) is 5.32 Å². The molecule has 0 radical (unpaired) electrons. The number of carbonyl (C=O) groups is 2. The second kappa shape index (κ2) is 12.0. The van der Waals surface area contributed by atoms with Crippen LogP contribution in [0.5, 0.6) is 11.5 Å². The van der Waals surface area contributed by atoms with Crippen LogP contribution in [0.3, 0.4) is 0 Å². The van der Waals surface area contributed by atoms with Crippen molar-refractivity contribution in [2.45, 2.75) is 13.2 Å². The zero-order chi connectivity index (χ0) is 25.2. The van der Waals surface area contributed by atoms with Crippen LogP contribution in [0, 0.1) is 0 Å². The summed E-state index contributed by atoms with van der Waals surface area (Å²) in [5.41, 5.74) is 2.63. The van der Waals surface area contributed by atoms with Gasteiger partial charge in [-0.05, 0) is 47.0 Å². The van der Waals surface area contributed by atoms with Gasteiger partial charge < -0.3 is 19.9 Å². The molecular formula is C30H25NO5. The van der Waals surface area contributed by atoms with Crippen LogP contribution in [0.15, 0.2) is 115 Å². The van der Waals surface area contributed by atoms with Crippen LogP contribution >= 0.6 is 0 Å². The van der Waals surface area contributed by atoms with Gasteiger partial charge in [0.25, 0.3) is 5.91 Å². The largest absolute Gasteiger partial charge is 0.485 e. The van der Waals surface area contributed by atoms with Crippen molar-refractivity contribution in [1.82, 2.24) is 5.32 Å². The first-order chi connectivity index (χ1) is 17.6. The summed E-state index contributed by atoms with van der Waals surface area (Å²) < 4.78 is 12.1. The number of carbonyl (C=O) groups excluding carboxylic acids is 1. The number of hydrogen-bond donors (Lipinski definition) is 2. The van der Waals surface area contributed by atoms with Crippen molar-refractivity contribution in [3.63, 3.8) is 0 Å². The van der Waals surface area contributed by atoms with Gasteiger partial charge in [-0.3, -0.25) is 4.79 Å². The highest BCUT2D eigenvalue weighted by molar-refractivity contribution is 6.02. The van der Waals surface area contributed by atoms with Crippen LogP contribution in [-0.4, -0.2) is 17.0 Å². The maximum Gasteiger partial charge on any atom is 0.352 e. The summed E-state index contributed by atoms with van der Waals surface area (Å²) in [6.45, 7) is 0.664. The van der Waals surface area contributed by atoms with Gasteiger partial charge >= 0.3 is 5.97 Å². The number of carboxylic acids is 1. The summed E-state index contributed by atoms with van der Waals surface area (Å²) in [6, 6.07) is 33.0. The van der Waals surface area contributed by atoms with Crippen molar-refractivity contribution in [3.05, 3.63) is 137 Å². The molecule has 0 aromatic heterocycles. The Balaban J connectivity index is 1.58. The summed E-state index contributed by atoms with van der Waals surface area (Å²) in [4.78, 5) is 24.3. The maximum absolute atomic E-state index is 12.5. The smallest absolute Gasteiger partial charge is 0.352 e. The number of amides is 1. The Morgan fingerprint density at radius 2 is 1.22 bits per heavy atom. The molecule has 0 aliphatic heterocycles. The van der Waals surface area contributed by atoms with Crippen LogP contribution in [0.2, 0.25) is 0 Å². The highest BCUT2D eigenvalue weighted by Crippen LogP contribution is 2.31. The lowest BCUT2D eigenvalue weighted by Gasteiger charge is -2.14. The molecule has 1 amide bonds. The van der Waals surface area contributed by atoms with E-state index in [9.17, 15) is 14.7 Å². The number of rotatable bonds is 10. The number of aliphatic carboxylic acids is 1. The van der Waals surface area contributed by atoms with Crippen LogP contribution < -0.4 is 14.8 Å². The zero-order valence-electron chi connectivity index (χ0n) is 19.5. The fraction of sp³-hybridized carbons (Fsp3) is 0.0667. The molecule has 0 spiro atoms. The van der Waals surface area contributed by atoms with Crippen molar-refractivity contribution in [2.24, 2.45) is 0 Å². The maximum atomic E-state index is 12.5. The number of benzene rings is 4. The SMILES string of the molecule is O=C(O)/C(=C/c1ccc(OCc2ccccc2)c(OCc2ccccc2)c1)NC(=O)c1ccccc1. The minimum absolute atomic E-state index is 0.254. The molecule has 0 fully saturated rings. The predicted molar refractivity (Wildman–Crippen MR) is 138 cm³/mol. The van der Waals surface area contributed by atoms with Gasteiger partial charge in [-0.2, -0.15) is 0 Å². The highest BCUT2D eigenvalue weighted by Gasteiger charge is 2.14. The molecule has 0 saturated carbocycles. The fourth-order valence-electron chi connectivity index (χ4n) is 3.42. The molecule has 6 heteroatoms. The van der Waals surface area contributed by atoms with Crippen molar-refractivity contribution in [1.29, 1.82) is 0 Å². The van der Waals surface area contributed by atoms with Gasteiger partial charge in [0.05, 0.1) is 0 Å². The Kier molecular flexibility index (Phi) is 8.12. The molecule has 4 aromatic carbocycles. The number of carboxylic acid groups (broad SMARTS) is 1. The van der Waals surface area contributed by atoms with E-state index in [-0.39, 0.29) is 5.70 Å². The quantitative estimate of drug-likeness (QED) is 0.285. The standard InChI is InChI=1S/C30H25NO5/c32-29(25-14-8-3-9-15-25)31-26(30(33)34)18-24-16-17-27(35-20-22-10-4-1-5-11-22)28(19-24)36-21-23-12-6-2-7-13-23/h1-19H,20-21H2,(H,31,32)(H,33,34)/b26-18-. The van der Waals surface area contributed by atoms with E-state index in [0.717, 1.165) is 11.1 Å². The van der Waals surface area contributed by atoms with E-state index in [1.54, 1.807) is 48.5 Å². The molecule has 6 nitrogen and oxygen atoms in total. The molecule has 0 unspecified atom stereocenters. The van der Waals surface area contributed by atoms with E-state index in [0.29, 0.717) is 35.8 Å². The van der Waals surface area contributed by atoms with Crippen LogP contribution in [0.1, 0.15) is 27.0 Å². The molecule has 36 heavy (non-hydrogen) atoms. The second-order valence-corrected chi connectivity index (χ2v) is 7.94. The molecular weight excluding hydrogens is 454 g/mol. The van der Waals surface area contributed by atoms with Crippen molar-refractivity contribution in [3.8, 4) is 11.5 Å². The number of nitrogens with one attached hydrogen (secondary N) is 1. The lowest BCUT2D eigenvalue weighted by Crippen LogP contribution is -2.27. The lowest BCUT2D eigenvalue weighted by molar-refractivity contribution is -0.132. The van der Waals surface area contributed by atoms with Gasteiger partial charge in [-0.1, -0.05) is 84.9 Å². The number of ether oxygens (including phenoxy) is 2. The Labute approximate surface area is 209 Å². The van der Waals surface area contributed by atoms with Crippen molar-refractivity contribution < 1.29 is 24.2 Å². The van der Waals surface area contributed by atoms with E-state index in [1.807, 2.05) is 60.7 Å². The lowest BCUT2D eigenvalue weighted by atomic mass is 10.1. The number of hydrogen-bond acceptors (Lipinski definition) is 4.